The SMILES string of the molecule is CC(C)c1cnc2c(C(=O)NC3(c4ccc(C(F)(F)F)cc4F)CCOCC3)cnn2c1. The van der Waals surface area contributed by atoms with Crippen LogP contribution in [0.4, 0.5) is 17.6 Å². The van der Waals surface area contributed by atoms with Crippen LogP contribution in [0.1, 0.15) is 59.7 Å². The average Bonchev–Trinajstić information content (AvgIpc) is 3.17. The normalized spacial score (nSPS) is 16.5. The Kier molecular flexibility index (Phi) is 5.66. The molecule has 1 N–H and O–H groups in total. The number of amides is 1. The molecule has 170 valence electrons. The minimum absolute atomic E-state index is 0.00585. The maximum Gasteiger partial charge on any atom is 0.416 e. The summed E-state index contributed by atoms with van der Waals surface area (Å²) >= 11 is 0. The van der Waals surface area contributed by atoms with Crippen molar-refractivity contribution in [1.82, 2.24) is 19.9 Å². The fourth-order valence-corrected chi connectivity index (χ4v) is 3.89. The van der Waals surface area contributed by atoms with Gasteiger partial charge in [-0.05, 0) is 36.5 Å². The standard InChI is InChI=1S/C22H22F4N4O2/c1-13(2)14-10-27-19-16(11-28-30(19)12-14)20(31)29-21(5-7-32-8-6-21)17-4-3-15(9-18(17)23)22(24,25)26/h3-4,9-13H,5-8H2,1-2H3,(H,29,31). The van der Waals surface area contributed by atoms with Crippen LogP contribution in [0.5, 0.6) is 0 Å². The van der Waals surface area contributed by atoms with Gasteiger partial charge in [0.2, 0.25) is 0 Å². The van der Waals surface area contributed by atoms with Crippen LogP contribution >= 0.6 is 0 Å². The number of hydrogen-bond donors (Lipinski definition) is 1. The van der Waals surface area contributed by atoms with Gasteiger partial charge in [-0.25, -0.2) is 13.9 Å². The Morgan fingerprint density at radius 3 is 2.56 bits per heavy atom. The van der Waals surface area contributed by atoms with Crippen molar-refractivity contribution in [3.63, 3.8) is 0 Å². The Bertz CT molecular complexity index is 1150. The van der Waals surface area contributed by atoms with Crippen LogP contribution in [-0.4, -0.2) is 33.7 Å². The van der Waals surface area contributed by atoms with Crippen LogP contribution in [0.2, 0.25) is 0 Å². The van der Waals surface area contributed by atoms with Crippen molar-refractivity contribution >= 4 is 11.6 Å². The Labute approximate surface area is 181 Å². The van der Waals surface area contributed by atoms with Gasteiger partial charge in [-0.1, -0.05) is 19.9 Å². The van der Waals surface area contributed by atoms with Gasteiger partial charge in [0, 0.05) is 31.2 Å². The number of nitrogens with one attached hydrogen (secondary N) is 1. The second kappa shape index (κ2) is 8.16. The average molecular weight is 450 g/mol. The smallest absolute Gasteiger partial charge is 0.381 e. The Morgan fingerprint density at radius 1 is 1.22 bits per heavy atom. The number of fused-ring (bicyclic) bond motifs is 1. The van der Waals surface area contributed by atoms with Crippen molar-refractivity contribution in [2.24, 2.45) is 0 Å². The molecule has 10 heteroatoms. The van der Waals surface area contributed by atoms with Gasteiger partial charge in [0.25, 0.3) is 5.91 Å². The van der Waals surface area contributed by atoms with Crippen LogP contribution in [-0.2, 0) is 16.5 Å². The molecule has 0 bridgehead atoms. The van der Waals surface area contributed by atoms with E-state index in [1.807, 2.05) is 13.8 Å². The lowest BCUT2D eigenvalue weighted by atomic mass is 9.81. The summed E-state index contributed by atoms with van der Waals surface area (Å²) < 4.78 is 60.7. The molecule has 0 aliphatic carbocycles. The van der Waals surface area contributed by atoms with Crippen LogP contribution in [0.3, 0.4) is 0 Å². The third kappa shape index (κ3) is 4.06. The molecule has 0 atom stereocenters. The van der Waals surface area contributed by atoms with Gasteiger partial charge >= 0.3 is 6.18 Å². The lowest BCUT2D eigenvalue weighted by Gasteiger charge is -2.38. The number of aromatic nitrogens is 3. The van der Waals surface area contributed by atoms with E-state index in [1.165, 1.54) is 10.7 Å². The molecular formula is C22H22F4N4O2. The van der Waals surface area contributed by atoms with Gasteiger partial charge < -0.3 is 10.1 Å². The summed E-state index contributed by atoms with van der Waals surface area (Å²) in [6, 6.07) is 2.38. The highest BCUT2D eigenvalue weighted by atomic mass is 19.4. The highest BCUT2D eigenvalue weighted by molar-refractivity contribution is 6.00. The number of carbonyl (C=O) groups excluding carboxylic acids is 1. The number of halogens is 4. The largest absolute Gasteiger partial charge is 0.416 e. The third-order valence-corrected chi connectivity index (χ3v) is 5.80. The molecule has 32 heavy (non-hydrogen) atoms. The lowest BCUT2D eigenvalue weighted by molar-refractivity contribution is -0.137. The van der Waals surface area contributed by atoms with Crippen LogP contribution in [0, 0.1) is 5.82 Å². The number of alkyl halides is 3. The Hall–Kier alpha value is -3.01. The monoisotopic (exact) mass is 450 g/mol. The van der Waals surface area contributed by atoms with E-state index in [0.29, 0.717) is 11.7 Å². The molecular weight excluding hydrogens is 428 g/mol. The third-order valence-electron chi connectivity index (χ3n) is 5.80. The van der Waals surface area contributed by atoms with Gasteiger partial charge in [0.1, 0.15) is 11.4 Å². The molecule has 1 fully saturated rings. The number of carbonyl (C=O) groups is 1. The van der Waals surface area contributed by atoms with Crippen LogP contribution in [0.25, 0.3) is 5.65 Å². The van der Waals surface area contributed by atoms with Crippen molar-refractivity contribution in [3.8, 4) is 0 Å². The zero-order valence-electron chi connectivity index (χ0n) is 17.5. The molecule has 1 aliphatic heterocycles. The minimum atomic E-state index is -4.66. The lowest BCUT2D eigenvalue weighted by Crippen LogP contribution is -2.50. The molecule has 1 aliphatic rings. The first-order valence-electron chi connectivity index (χ1n) is 10.2. The predicted molar refractivity (Wildman–Crippen MR) is 108 cm³/mol. The van der Waals surface area contributed by atoms with E-state index in [-0.39, 0.29) is 43.1 Å². The Morgan fingerprint density at radius 2 is 1.94 bits per heavy atom. The van der Waals surface area contributed by atoms with Gasteiger partial charge in [-0.2, -0.15) is 18.3 Å². The van der Waals surface area contributed by atoms with Crippen molar-refractivity contribution in [2.75, 3.05) is 13.2 Å². The first-order chi connectivity index (χ1) is 15.1. The molecule has 3 aromatic rings. The molecule has 2 aromatic heterocycles. The zero-order valence-corrected chi connectivity index (χ0v) is 17.5. The van der Waals surface area contributed by atoms with Gasteiger partial charge in [0.05, 0.1) is 17.3 Å². The molecule has 4 rings (SSSR count). The van der Waals surface area contributed by atoms with Gasteiger partial charge in [-0.15, -0.1) is 0 Å². The molecule has 0 radical (unpaired) electrons. The number of nitrogens with zero attached hydrogens (tertiary/aromatic N) is 3. The highest BCUT2D eigenvalue weighted by Gasteiger charge is 2.40. The maximum atomic E-state index is 14.9. The van der Waals surface area contributed by atoms with Gasteiger partial charge in [-0.3, -0.25) is 4.79 Å². The van der Waals surface area contributed by atoms with Crippen LogP contribution in [0.15, 0.2) is 36.8 Å². The maximum absolute atomic E-state index is 14.9. The Balaban J connectivity index is 1.69. The summed E-state index contributed by atoms with van der Waals surface area (Å²) in [5.74, 6) is -1.34. The van der Waals surface area contributed by atoms with E-state index in [4.69, 9.17) is 4.74 Å². The van der Waals surface area contributed by atoms with E-state index in [0.717, 1.165) is 17.7 Å². The van der Waals surface area contributed by atoms with Crippen molar-refractivity contribution in [1.29, 1.82) is 0 Å². The van der Waals surface area contributed by atoms with Crippen molar-refractivity contribution < 1.29 is 27.1 Å². The van der Waals surface area contributed by atoms with E-state index in [9.17, 15) is 22.4 Å². The summed E-state index contributed by atoms with van der Waals surface area (Å²) in [7, 11) is 0. The first kappa shape index (κ1) is 22.2. The molecule has 1 saturated heterocycles. The summed E-state index contributed by atoms with van der Waals surface area (Å²) in [5.41, 5.74) is -0.829. The number of ether oxygens (including phenoxy) is 1. The molecule has 0 saturated carbocycles. The van der Waals surface area contributed by atoms with E-state index < -0.39 is 29.0 Å². The molecule has 0 spiro atoms. The van der Waals surface area contributed by atoms with Crippen LogP contribution < -0.4 is 5.32 Å². The quantitative estimate of drug-likeness (QED) is 0.597. The molecule has 1 aromatic carbocycles. The molecule has 6 nitrogen and oxygen atoms in total. The van der Waals surface area contributed by atoms with Crippen molar-refractivity contribution in [2.45, 2.75) is 44.3 Å². The topological polar surface area (TPSA) is 68.5 Å². The molecule has 0 unspecified atom stereocenters. The number of hydrogen-bond acceptors (Lipinski definition) is 4. The number of rotatable bonds is 4. The first-order valence-corrected chi connectivity index (χ1v) is 10.2. The highest BCUT2D eigenvalue weighted by Crippen LogP contribution is 2.37. The fraction of sp³-hybridized carbons (Fsp3) is 0.409. The van der Waals surface area contributed by atoms with E-state index in [1.54, 1.807) is 12.4 Å². The summed E-state index contributed by atoms with van der Waals surface area (Å²) in [6.07, 6.45) is 0.582. The second-order valence-corrected chi connectivity index (χ2v) is 8.21. The molecule has 1 amide bonds. The van der Waals surface area contributed by atoms with Crippen molar-refractivity contribution in [3.05, 3.63) is 64.9 Å². The summed E-state index contributed by atoms with van der Waals surface area (Å²) in [4.78, 5) is 17.5. The minimum Gasteiger partial charge on any atom is -0.381 e. The zero-order chi connectivity index (χ0) is 23.1. The second-order valence-electron chi connectivity index (χ2n) is 8.21. The van der Waals surface area contributed by atoms with E-state index in [2.05, 4.69) is 15.4 Å². The summed E-state index contributed by atoms with van der Waals surface area (Å²) in [6.45, 7) is 4.47. The van der Waals surface area contributed by atoms with Gasteiger partial charge in [0.15, 0.2) is 5.65 Å². The predicted octanol–water partition coefficient (Wildman–Crippen LogP) is 4.45. The fourth-order valence-electron chi connectivity index (χ4n) is 3.89. The van der Waals surface area contributed by atoms with E-state index >= 15 is 0 Å². The summed E-state index contributed by atoms with van der Waals surface area (Å²) in [5, 5.41) is 7.04. The number of benzene rings is 1. The molecule has 3 heterocycles.